The minimum absolute atomic E-state index is 0.247. The molecule has 0 saturated carbocycles. The van der Waals surface area contributed by atoms with Crippen LogP contribution in [-0.4, -0.2) is 18.1 Å². The van der Waals surface area contributed by atoms with Crippen LogP contribution in [0.25, 0.3) is 0 Å². The van der Waals surface area contributed by atoms with Crippen molar-refractivity contribution in [3.63, 3.8) is 0 Å². The SMILES string of the molecule is Cc1cccc(N(CCCN)c2ccccc2F)n1. The second-order valence-corrected chi connectivity index (χ2v) is 4.38. The average Bonchev–Trinajstić information content (AvgIpc) is 2.41. The molecule has 3 nitrogen and oxygen atoms in total. The Labute approximate surface area is 112 Å². The summed E-state index contributed by atoms with van der Waals surface area (Å²) in [5.41, 5.74) is 7.01. The quantitative estimate of drug-likeness (QED) is 0.897. The number of pyridine rings is 1. The summed E-state index contributed by atoms with van der Waals surface area (Å²) in [6.45, 7) is 3.14. The van der Waals surface area contributed by atoms with Crippen LogP contribution in [0.4, 0.5) is 15.9 Å². The van der Waals surface area contributed by atoms with Gasteiger partial charge in [-0.25, -0.2) is 9.37 Å². The summed E-state index contributed by atoms with van der Waals surface area (Å²) in [6, 6.07) is 12.5. The highest BCUT2D eigenvalue weighted by Crippen LogP contribution is 2.26. The van der Waals surface area contributed by atoms with Crippen molar-refractivity contribution in [2.24, 2.45) is 5.73 Å². The molecular formula is C15H18FN3. The number of rotatable bonds is 5. The zero-order valence-corrected chi connectivity index (χ0v) is 11.0. The minimum Gasteiger partial charge on any atom is -0.330 e. The van der Waals surface area contributed by atoms with Gasteiger partial charge in [-0.2, -0.15) is 0 Å². The maximum Gasteiger partial charge on any atom is 0.146 e. The van der Waals surface area contributed by atoms with Crippen molar-refractivity contribution in [2.75, 3.05) is 18.0 Å². The van der Waals surface area contributed by atoms with Gasteiger partial charge in [0.15, 0.2) is 0 Å². The minimum atomic E-state index is -0.247. The zero-order chi connectivity index (χ0) is 13.7. The number of halogens is 1. The van der Waals surface area contributed by atoms with Crippen molar-refractivity contribution < 1.29 is 4.39 Å². The summed E-state index contributed by atoms with van der Waals surface area (Å²) >= 11 is 0. The largest absolute Gasteiger partial charge is 0.330 e. The molecule has 0 aliphatic rings. The highest BCUT2D eigenvalue weighted by molar-refractivity contribution is 5.60. The number of para-hydroxylation sites is 1. The van der Waals surface area contributed by atoms with E-state index < -0.39 is 0 Å². The van der Waals surface area contributed by atoms with Crippen LogP contribution in [0, 0.1) is 12.7 Å². The summed E-state index contributed by atoms with van der Waals surface area (Å²) in [4.78, 5) is 6.33. The van der Waals surface area contributed by atoms with Crippen LogP contribution in [0.2, 0.25) is 0 Å². The first-order chi connectivity index (χ1) is 9.22. The van der Waals surface area contributed by atoms with Crippen LogP contribution in [0.5, 0.6) is 0 Å². The van der Waals surface area contributed by atoms with E-state index in [0.29, 0.717) is 18.8 Å². The third-order valence-electron chi connectivity index (χ3n) is 2.88. The Morgan fingerprint density at radius 3 is 2.63 bits per heavy atom. The number of anilines is 2. The molecule has 0 fully saturated rings. The Hall–Kier alpha value is -1.94. The van der Waals surface area contributed by atoms with Gasteiger partial charge in [-0.1, -0.05) is 18.2 Å². The third-order valence-corrected chi connectivity index (χ3v) is 2.88. The molecule has 100 valence electrons. The lowest BCUT2D eigenvalue weighted by molar-refractivity contribution is 0.622. The van der Waals surface area contributed by atoms with Crippen LogP contribution in [0.3, 0.4) is 0 Å². The van der Waals surface area contributed by atoms with E-state index in [9.17, 15) is 4.39 Å². The second-order valence-electron chi connectivity index (χ2n) is 4.38. The number of aromatic nitrogens is 1. The molecule has 0 radical (unpaired) electrons. The van der Waals surface area contributed by atoms with Crippen LogP contribution >= 0.6 is 0 Å². The van der Waals surface area contributed by atoms with E-state index in [4.69, 9.17) is 5.73 Å². The molecular weight excluding hydrogens is 241 g/mol. The first kappa shape index (κ1) is 13.5. The van der Waals surface area contributed by atoms with Crippen molar-refractivity contribution in [1.29, 1.82) is 0 Å². The number of hydrogen-bond donors (Lipinski definition) is 1. The molecule has 0 aliphatic carbocycles. The van der Waals surface area contributed by atoms with E-state index >= 15 is 0 Å². The molecule has 19 heavy (non-hydrogen) atoms. The van der Waals surface area contributed by atoms with Gasteiger partial charge in [0.25, 0.3) is 0 Å². The lowest BCUT2D eigenvalue weighted by Gasteiger charge is -2.24. The standard InChI is InChI=1S/C15H18FN3/c1-12-6-4-9-15(18-12)19(11-5-10-17)14-8-3-2-7-13(14)16/h2-4,6-9H,5,10-11,17H2,1H3. The molecule has 2 N–H and O–H groups in total. The maximum absolute atomic E-state index is 14.0. The summed E-state index contributed by atoms with van der Waals surface area (Å²) in [7, 11) is 0. The van der Waals surface area contributed by atoms with Crippen LogP contribution in [-0.2, 0) is 0 Å². The van der Waals surface area contributed by atoms with Crippen LogP contribution in [0.1, 0.15) is 12.1 Å². The molecule has 2 aromatic rings. The monoisotopic (exact) mass is 259 g/mol. The highest BCUT2D eigenvalue weighted by Gasteiger charge is 2.13. The van der Waals surface area contributed by atoms with Gasteiger partial charge in [-0.3, -0.25) is 0 Å². The van der Waals surface area contributed by atoms with E-state index in [2.05, 4.69) is 4.98 Å². The van der Waals surface area contributed by atoms with Crippen LogP contribution < -0.4 is 10.6 Å². The lowest BCUT2D eigenvalue weighted by atomic mass is 10.2. The molecule has 0 atom stereocenters. The van der Waals surface area contributed by atoms with E-state index in [1.165, 1.54) is 6.07 Å². The van der Waals surface area contributed by atoms with Crippen LogP contribution in [0.15, 0.2) is 42.5 Å². The number of nitrogens with zero attached hydrogens (tertiary/aromatic N) is 2. The fourth-order valence-electron chi connectivity index (χ4n) is 1.96. The van der Waals surface area contributed by atoms with Gasteiger partial charge in [0.2, 0.25) is 0 Å². The third kappa shape index (κ3) is 3.29. The Balaban J connectivity index is 2.38. The van der Waals surface area contributed by atoms with E-state index in [-0.39, 0.29) is 5.82 Å². The molecule has 2 rings (SSSR count). The summed E-state index contributed by atoms with van der Waals surface area (Å²) in [5, 5.41) is 0. The Bertz CT molecular complexity index is 542. The maximum atomic E-state index is 14.0. The molecule has 1 aromatic heterocycles. The fourth-order valence-corrected chi connectivity index (χ4v) is 1.96. The predicted molar refractivity (Wildman–Crippen MR) is 76.1 cm³/mol. The molecule has 0 unspecified atom stereocenters. The molecule has 0 saturated heterocycles. The van der Waals surface area contributed by atoms with Gasteiger partial charge >= 0.3 is 0 Å². The van der Waals surface area contributed by atoms with Crippen molar-refractivity contribution in [3.8, 4) is 0 Å². The summed E-state index contributed by atoms with van der Waals surface area (Å²) in [6.07, 6.45) is 0.782. The van der Waals surface area contributed by atoms with Gasteiger partial charge in [0.1, 0.15) is 11.6 Å². The molecule has 1 heterocycles. The number of benzene rings is 1. The predicted octanol–water partition coefficient (Wildman–Crippen LogP) is 3.02. The molecule has 0 bridgehead atoms. The zero-order valence-electron chi connectivity index (χ0n) is 11.0. The summed E-state index contributed by atoms with van der Waals surface area (Å²) in [5.74, 6) is 0.501. The smallest absolute Gasteiger partial charge is 0.146 e. The van der Waals surface area contributed by atoms with Crippen molar-refractivity contribution in [1.82, 2.24) is 4.98 Å². The van der Waals surface area contributed by atoms with E-state index in [1.807, 2.05) is 36.1 Å². The average molecular weight is 259 g/mol. The number of nitrogens with two attached hydrogens (primary N) is 1. The normalized spacial score (nSPS) is 10.5. The number of hydrogen-bond acceptors (Lipinski definition) is 3. The topological polar surface area (TPSA) is 42.1 Å². The molecule has 0 aliphatic heterocycles. The molecule has 1 aromatic carbocycles. The van der Waals surface area contributed by atoms with Gasteiger partial charge in [0, 0.05) is 12.2 Å². The second kappa shape index (κ2) is 6.29. The number of aryl methyl sites for hydroxylation is 1. The molecule has 4 heteroatoms. The van der Waals surface area contributed by atoms with Crippen molar-refractivity contribution >= 4 is 11.5 Å². The fraction of sp³-hybridized carbons (Fsp3) is 0.267. The first-order valence-electron chi connectivity index (χ1n) is 6.38. The summed E-state index contributed by atoms with van der Waals surface area (Å²) < 4.78 is 14.0. The van der Waals surface area contributed by atoms with E-state index in [1.54, 1.807) is 12.1 Å². The van der Waals surface area contributed by atoms with Crippen molar-refractivity contribution in [2.45, 2.75) is 13.3 Å². The van der Waals surface area contributed by atoms with Gasteiger partial charge in [0.05, 0.1) is 5.69 Å². The first-order valence-corrected chi connectivity index (χ1v) is 6.38. The molecule has 0 spiro atoms. The lowest BCUT2D eigenvalue weighted by Crippen LogP contribution is -2.23. The van der Waals surface area contributed by atoms with E-state index in [0.717, 1.165) is 17.9 Å². The van der Waals surface area contributed by atoms with Gasteiger partial charge < -0.3 is 10.6 Å². The highest BCUT2D eigenvalue weighted by atomic mass is 19.1. The van der Waals surface area contributed by atoms with Gasteiger partial charge in [-0.15, -0.1) is 0 Å². The molecule has 0 amide bonds. The Morgan fingerprint density at radius 2 is 1.95 bits per heavy atom. The van der Waals surface area contributed by atoms with Crippen molar-refractivity contribution in [3.05, 3.63) is 54.0 Å². The Morgan fingerprint density at radius 1 is 1.16 bits per heavy atom. The Kier molecular flexibility index (Phi) is 4.47. The van der Waals surface area contributed by atoms with Gasteiger partial charge in [-0.05, 0) is 44.2 Å².